The van der Waals surface area contributed by atoms with Crippen molar-refractivity contribution in [3.8, 4) is 6.07 Å². The molecule has 1 N–H and O–H groups in total. The second-order valence-corrected chi connectivity index (χ2v) is 8.03. The second kappa shape index (κ2) is 8.53. The van der Waals surface area contributed by atoms with Gasteiger partial charge >= 0.3 is 5.97 Å². The van der Waals surface area contributed by atoms with Gasteiger partial charge in [0.25, 0.3) is 5.91 Å². The molecule has 7 nitrogen and oxygen atoms in total. The highest BCUT2D eigenvalue weighted by Crippen LogP contribution is 2.37. The van der Waals surface area contributed by atoms with Crippen LogP contribution >= 0.6 is 11.3 Å². The Morgan fingerprint density at radius 3 is 2.74 bits per heavy atom. The number of hydrogen-bond donors (Lipinski definition) is 1. The quantitative estimate of drug-likeness (QED) is 0.616. The molecule has 1 aliphatic heterocycles. The first-order chi connectivity index (χ1) is 13.0. The molecular weight excluding hydrogens is 366 g/mol. The van der Waals surface area contributed by atoms with Crippen LogP contribution in [0.15, 0.2) is 0 Å². The van der Waals surface area contributed by atoms with Crippen molar-refractivity contribution in [3.63, 3.8) is 0 Å². The summed E-state index contributed by atoms with van der Waals surface area (Å²) in [6.45, 7) is 1.90. The number of rotatable bonds is 5. The number of ether oxygens (including phenoxy) is 1. The number of nitrogens with zero attached hydrogens (tertiary/aromatic N) is 2. The molecule has 2 aliphatic rings. The van der Waals surface area contributed by atoms with Gasteiger partial charge in [-0.15, -0.1) is 11.3 Å². The van der Waals surface area contributed by atoms with E-state index in [1.54, 1.807) is 0 Å². The third-order valence-corrected chi connectivity index (χ3v) is 6.15. The first-order valence-corrected chi connectivity index (χ1v) is 10.1. The molecule has 3 rings (SSSR count). The van der Waals surface area contributed by atoms with E-state index in [-0.39, 0.29) is 12.5 Å². The SMILES string of the molecule is C[C@@H](OC(=O)CN1CCCC1=O)C(=O)Nc1sc2c(c1C#N)CCCCC2. The van der Waals surface area contributed by atoms with Gasteiger partial charge in [0.05, 0.1) is 5.56 Å². The summed E-state index contributed by atoms with van der Waals surface area (Å²) in [5, 5.41) is 12.8. The predicted molar refractivity (Wildman–Crippen MR) is 100 cm³/mol. The molecule has 0 saturated carbocycles. The summed E-state index contributed by atoms with van der Waals surface area (Å²) in [6.07, 6.45) is 5.28. The highest BCUT2D eigenvalue weighted by Gasteiger charge is 2.27. The Balaban J connectivity index is 1.60. The summed E-state index contributed by atoms with van der Waals surface area (Å²) in [5.74, 6) is -1.14. The first kappa shape index (κ1) is 19.4. The van der Waals surface area contributed by atoms with Crippen LogP contribution in [0.3, 0.4) is 0 Å². The van der Waals surface area contributed by atoms with Gasteiger partial charge in [0.1, 0.15) is 17.6 Å². The van der Waals surface area contributed by atoms with Crippen molar-refractivity contribution >= 4 is 34.1 Å². The fourth-order valence-corrected chi connectivity index (χ4v) is 4.72. The van der Waals surface area contributed by atoms with Gasteiger partial charge in [-0.1, -0.05) is 6.42 Å². The number of hydrogen-bond acceptors (Lipinski definition) is 6. The largest absolute Gasteiger partial charge is 0.451 e. The number of fused-ring (bicyclic) bond motifs is 1. The number of nitrogens with one attached hydrogen (secondary N) is 1. The monoisotopic (exact) mass is 389 g/mol. The number of esters is 1. The van der Waals surface area contributed by atoms with Gasteiger partial charge in [0.15, 0.2) is 6.10 Å². The van der Waals surface area contributed by atoms with Crippen molar-refractivity contribution in [1.29, 1.82) is 5.26 Å². The van der Waals surface area contributed by atoms with Gasteiger partial charge in [0.2, 0.25) is 5.91 Å². The van der Waals surface area contributed by atoms with E-state index in [9.17, 15) is 19.6 Å². The van der Waals surface area contributed by atoms with Crippen LogP contribution in [0.5, 0.6) is 0 Å². The Hall–Kier alpha value is -2.40. The van der Waals surface area contributed by atoms with Gasteiger partial charge in [-0.05, 0) is 44.6 Å². The zero-order valence-electron chi connectivity index (χ0n) is 15.4. The van der Waals surface area contributed by atoms with E-state index >= 15 is 0 Å². The summed E-state index contributed by atoms with van der Waals surface area (Å²) in [6, 6.07) is 2.21. The molecule has 0 spiro atoms. The van der Waals surface area contributed by atoms with Gasteiger partial charge in [-0.2, -0.15) is 5.26 Å². The number of anilines is 1. The van der Waals surface area contributed by atoms with Crippen LogP contribution in [0.1, 0.15) is 55.0 Å². The number of thiophene rings is 1. The number of amides is 2. The lowest BCUT2D eigenvalue weighted by Gasteiger charge is -2.17. The van der Waals surface area contributed by atoms with E-state index < -0.39 is 18.0 Å². The Morgan fingerprint density at radius 2 is 2.04 bits per heavy atom. The maximum atomic E-state index is 12.4. The molecule has 0 aromatic carbocycles. The van der Waals surface area contributed by atoms with Crippen LogP contribution in [0.4, 0.5) is 5.00 Å². The molecule has 144 valence electrons. The average molecular weight is 389 g/mol. The number of likely N-dealkylation sites (tertiary alicyclic amines) is 1. The van der Waals surface area contributed by atoms with E-state index in [2.05, 4.69) is 11.4 Å². The molecule has 1 aliphatic carbocycles. The number of carbonyl (C=O) groups excluding carboxylic acids is 3. The van der Waals surface area contributed by atoms with Crippen molar-refractivity contribution in [2.24, 2.45) is 0 Å². The molecule has 2 heterocycles. The second-order valence-electron chi connectivity index (χ2n) is 6.92. The van der Waals surface area contributed by atoms with Crippen LogP contribution in [0.25, 0.3) is 0 Å². The topological polar surface area (TPSA) is 99.5 Å². The van der Waals surface area contributed by atoms with Crippen molar-refractivity contribution in [2.75, 3.05) is 18.4 Å². The highest BCUT2D eigenvalue weighted by molar-refractivity contribution is 7.16. The molecular formula is C19H23N3O4S. The molecule has 27 heavy (non-hydrogen) atoms. The average Bonchev–Trinajstić information content (AvgIpc) is 3.09. The zero-order chi connectivity index (χ0) is 19.4. The minimum absolute atomic E-state index is 0.0669. The van der Waals surface area contributed by atoms with E-state index in [1.165, 1.54) is 23.2 Å². The van der Waals surface area contributed by atoms with Crippen molar-refractivity contribution in [1.82, 2.24) is 4.90 Å². The minimum atomic E-state index is -0.997. The fraction of sp³-hybridized carbons (Fsp3) is 0.579. The molecule has 0 unspecified atom stereocenters. The fourth-order valence-electron chi connectivity index (χ4n) is 3.48. The molecule has 1 aromatic heterocycles. The minimum Gasteiger partial charge on any atom is -0.451 e. The summed E-state index contributed by atoms with van der Waals surface area (Å²) in [5.41, 5.74) is 1.58. The molecule has 1 aromatic rings. The molecule has 0 bridgehead atoms. The molecule has 8 heteroatoms. The van der Waals surface area contributed by atoms with E-state index in [1.807, 2.05) is 0 Å². The summed E-state index contributed by atoms with van der Waals surface area (Å²) >= 11 is 1.44. The van der Waals surface area contributed by atoms with Crippen LogP contribution < -0.4 is 5.32 Å². The third kappa shape index (κ3) is 4.48. The Morgan fingerprint density at radius 1 is 1.26 bits per heavy atom. The first-order valence-electron chi connectivity index (χ1n) is 9.32. The Bertz CT molecular complexity index is 796. The maximum absolute atomic E-state index is 12.4. The lowest BCUT2D eigenvalue weighted by atomic mass is 10.1. The Kier molecular flexibility index (Phi) is 6.11. The third-order valence-electron chi connectivity index (χ3n) is 4.94. The van der Waals surface area contributed by atoms with Gasteiger partial charge < -0.3 is 15.0 Å². The number of nitriles is 1. The molecule has 1 saturated heterocycles. The lowest BCUT2D eigenvalue weighted by molar-refractivity contribution is -0.155. The zero-order valence-corrected chi connectivity index (χ0v) is 16.2. The molecule has 2 amide bonds. The molecule has 0 radical (unpaired) electrons. The standard InChI is InChI=1S/C19H23N3O4S/c1-12(26-17(24)11-22-9-5-8-16(22)23)18(25)21-19-14(10-20)13-6-3-2-4-7-15(13)27-19/h12H,2-9,11H2,1H3,(H,21,25)/t12-/m1/s1. The smallest absolute Gasteiger partial charge is 0.326 e. The summed E-state index contributed by atoms with van der Waals surface area (Å²) in [4.78, 5) is 38.6. The van der Waals surface area contributed by atoms with Gasteiger partial charge in [-0.25, -0.2) is 0 Å². The predicted octanol–water partition coefficient (Wildman–Crippen LogP) is 2.38. The van der Waals surface area contributed by atoms with Crippen molar-refractivity contribution in [2.45, 2.75) is 58.0 Å². The van der Waals surface area contributed by atoms with Gasteiger partial charge in [-0.3, -0.25) is 14.4 Å². The summed E-state index contributed by atoms with van der Waals surface area (Å²) in [7, 11) is 0. The maximum Gasteiger partial charge on any atom is 0.326 e. The Labute approximate surface area is 162 Å². The van der Waals surface area contributed by atoms with Crippen LogP contribution in [-0.2, 0) is 32.0 Å². The molecule has 1 atom stereocenters. The normalized spacial score (nSPS) is 17.6. The van der Waals surface area contributed by atoms with Crippen molar-refractivity contribution < 1.29 is 19.1 Å². The number of aryl methyl sites for hydroxylation is 1. The van der Waals surface area contributed by atoms with E-state index in [0.29, 0.717) is 23.5 Å². The number of carbonyl (C=O) groups is 3. The lowest BCUT2D eigenvalue weighted by Crippen LogP contribution is -2.36. The molecule has 1 fully saturated rings. The van der Waals surface area contributed by atoms with E-state index in [0.717, 1.165) is 49.0 Å². The van der Waals surface area contributed by atoms with Gasteiger partial charge in [0, 0.05) is 17.8 Å². The van der Waals surface area contributed by atoms with Crippen LogP contribution in [0.2, 0.25) is 0 Å². The van der Waals surface area contributed by atoms with E-state index in [4.69, 9.17) is 4.74 Å². The highest BCUT2D eigenvalue weighted by atomic mass is 32.1. The van der Waals surface area contributed by atoms with Crippen LogP contribution in [-0.4, -0.2) is 41.9 Å². The van der Waals surface area contributed by atoms with Crippen molar-refractivity contribution in [3.05, 3.63) is 16.0 Å². The van der Waals surface area contributed by atoms with Crippen LogP contribution in [0, 0.1) is 11.3 Å². The summed E-state index contributed by atoms with van der Waals surface area (Å²) < 4.78 is 5.17.